The minimum Gasteiger partial charge on any atom is -0.478 e. The Hall–Kier alpha value is -2.17. The fraction of sp³-hybridized carbons (Fsp3) is 0.133. The zero-order valence-electron chi connectivity index (χ0n) is 10.5. The molecule has 0 spiro atoms. The molecule has 19 heavy (non-hydrogen) atoms. The van der Waals surface area contributed by atoms with Crippen LogP contribution in [0.5, 0.6) is 0 Å². The minimum absolute atomic E-state index is 0.245. The molecule has 4 nitrogen and oxygen atoms in total. The van der Waals surface area contributed by atoms with Crippen molar-refractivity contribution in [2.75, 3.05) is 0 Å². The van der Waals surface area contributed by atoms with Crippen LogP contribution in [0.2, 0.25) is 0 Å². The van der Waals surface area contributed by atoms with Crippen molar-refractivity contribution in [1.82, 2.24) is 0 Å². The quantitative estimate of drug-likeness (QED) is 0.780. The molecule has 0 saturated heterocycles. The van der Waals surface area contributed by atoms with Gasteiger partial charge < -0.3 is 16.6 Å². The van der Waals surface area contributed by atoms with Crippen molar-refractivity contribution in [3.8, 4) is 11.1 Å². The van der Waals surface area contributed by atoms with Gasteiger partial charge in [-0.2, -0.15) is 0 Å². The van der Waals surface area contributed by atoms with Crippen molar-refractivity contribution in [1.29, 1.82) is 0 Å². The summed E-state index contributed by atoms with van der Waals surface area (Å²) in [6.07, 6.45) is 0. The summed E-state index contributed by atoms with van der Waals surface area (Å²) in [7, 11) is 0. The zero-order chi connectivity index (χ0) is 13.8. The van der Waals surface area contributed by atoms with Crippen LogP contribution >= 0.6 is 0 Å². The molecule has 2 aromatic rings. The van der Waals surface area contributed by atoms with Gasteiger partial charge in [0.05, 0.1) is 5.56 Å². The van der Waals surface area contributed by atoms with E-state index in [4.69, 9.17) is 16.6 Å². The highest BCUT2D eigenvalue weighted by Crippen LogP contribution is 2.27. The summed E-state index contributed by atoms with van der Waals surface area (Å²) in [5.41, 5.74) is 15.5. The Kier molecular flexibility index (Phi) is 3.94. The van der Waals surface area contributed by atoms with Crippen LogP contribution in [0, 0.1) is 0 Å². The van der Waals surface area contributed by atoms with Crippen molar-refractivity contribution in [3.63, 3.8) is 0 Å². The summed E-state index contributed by atoms with van der Waals surface area (Å²) >= 11 is 0. The molecule has 5 N–H and O–H groups in total. The van der Waals surface area contributed by atoms with Gasteiger partial charge in [0.1, 0.15) is 0 Å². The second-order valence-corrected chi connectivity index (χ2v) is 4.24. The molecule has 0 aliphatic rings. The predicted molar refractivity (Wildman–Crippen MR) is 74.6 cm³/mol. The predicted octanol–water partition coefficient (Wildman–Crippen LogP) is 1.97. The highest BCUT2D eigenvalue weighted by molar-refractivity contribution is 5.89. The standard InChI is InChI=1S/C15H16N2O2/c16-8-11-3-1-2-4-13(11)14-6-5-10(15(18)19)7-12(14)9-17/h1-7H,8-9,16-17H2,(H,18,19). The molecule has 0 aromatic heterocycles. The molecule has 0 aliphatic carbocycles. The van der Waals surface area contributed by atoms with Crippen molar-refractivity contribution in [2.24, 2.45) is 11.5 Å². The molecular weight excluding hydrogens is 240 g/mol. The van der Waals surface area contributed by atoms with Gasteiger partial charge in [-0.3, -0.25) is 0 Å². The molecule has 0 fully saturated rings. The third-order valence-corrected chi connectivity index (χ3v) is 3.10. The highest BCUT2D eigenvalue weighted by Gasteiger charge is 2.11. The maximum atomic E-state index is 11.0. The van der Waals surface area contributed by atoms with E-state index in [0.29, 0.717) is 6.54 Å². The van der Waals surface area contributed by atoms with Crippen LogP contribution in [0.1, 0.15) is 21.5 Å². The Morgan fingerprint density at radius 1 is 0.947 bits per heavy atom. The summed E-state index contributed by atoms with van der Waals surface area (Å²) in [6, 6.07) is 12.8. The summed E-state index contributed by atoms with van der Waals surface area (Å²) in [4.78, 5) is 11.0. The summed E-state index contributed by atoms with van der Waals surface area (Å²) < 4.78 is 0. The average Bonchev–Trinajstić information content (AvgIpc) is 2.46. The molecule has 2 aromatic carbocycles. The van der Waals surface area contributed by atoms with E-state index in [2.05, 4.69) is 0 Å². The van der Waals surface area contributed by atoms with E-state index in [1.807, 2.05) is 24.3 Å². The molecule has 98 valence electrons. The third kappa shape index (κ3) is 2.65. The van der Waals surface area contributed by atoms with Gasteiger partial charge in [0, 0.05) is 13.1 Å². The van der Waals surface area contributed by atoms with Crippen LogP contribution in [0.15, 0.2) is 42.5 Å². The van der Waals surface area contributed by atoms with E-state index in [0.717, 1.165) is 22.3 Å². The number of carboxylic acid groups (broad SMARTS) is 1. The largest absolute Gasteiger partial charge is 0.478 e. The Balaban J connectivity index is 2.59. The number of hydrogen-bond acceptors (Lipinski definition) is 3. The summed E-state index contributed by atoms with van der Waals surface area (Å²) in [6.45, 7) is 0.718. The Bertz CT molecular complexity index is 609. The van der Waals surface area contributed by atoms with E-state index in [1.165, 1.54) is 0 Å². The zero-order valence-corrected chi connectivity index (χ0v) is 10.5. The van der Waals surface area contributed by atoms with Crippen LogP contribution in [-0.4, -0.2) is 11.1 Å². The normalized spacial score (nSPS) is 10.4. The third-order valence-electron chi connectivity index (χ3n) is 3.10. The van der Waals surface area contributed by atoms with E-state index >= 15 is 0 Å². The monoisotopic (exact) mass is 256 g/mol. The van der Waals surface area contributed by atoms with Gasteiger partial charge in [-0.15, -0.1) is 0 Å². The number of carbonyl (C=O) groups is 1. The fourth-order valence-electron chi connectivity index (χ4n) is 2.12. The Morgan fingerprint density at radius 3 is 2.21 bits per heavy atom. The number of benzene rings is 2. The summed E-state index contributed by atoms with van der Waals surface area (Å²) in [5.74, 6) is -0.951. The van der Waals surface area contributed by atoms with Gasteiger partial charge in [-0.25, -0.2) is 4.79 Å². The van der Waals surface area contributed by atoms with E-state index in [9.17, 15) is 4.79 Å². The minimum atomic E-state index is -0.951. The Labute approximate surface area is 111 Å². The first-order valence-corrected chi connectivity index (χ1v) is 6.02. The number of hydrogen-bond donors (Lipinski definition) is 3. The molecule has 0 heterocycles. The average molecular weight is 256 g/mol. The second-order valence-electron chi connectivity index (χ2n) is 4.24. The molecule has 0 radical (unpaired) electrons. The maximum absolute atomic E-state index is 11.0. The van der Waals surface area contributed by atoms with Crippen LogP contribution in [0.3, 0.4) is 0 Å². The first-order valence-electron chi connectivity index (χ1n) is 6.02. The lowest BCUT2D eigenvalue weighted by Gasteiger charge is -2.12. The molecule has 0 unspecified atom stereocenters. The first kappa shape index (κ1) is 13.3. The molecule has 0 atom stereocenters. The first-order chi connectivity index (χ1) is 9.17. The van der Waals surface area contributed by atoms with Crippen molar-refractivity contribution in [3.05, 3.63) is 59.2 Å². The molecule has 0 saturated carbocycles. The molecule has 0 aliphatic heterocycles. The van der Waals surface area contributed by atoms with Gasteiger partial charge in [-0.1, -0.05) is 30.3 Å². The fourth-order valence-corrected chi connectivity index (χ4v) is 2.12. The molecule has 4 heteroatoms. The topological polar surface area (TPSA) is 89.3 Å². The van der Waals surface area contributed by atoms with Crippen LogP contribution in [0.4, 0.5) is 0 Å². The van der Waals surface area contributed by atoms with Crippen LogP contribution in [-0.2, 0) is 13.1 Å². The summed E-state index contributed by atoms with van der Waals surface area (Å²) in [5, 5.41) is 9.01. The van der Waals surface area contributed by atoms with Gasteiger partial charge in [0.25, 0.3) is 0 Å². The lowest BCUT2D eigenvalue weighted by atomic mass is 9.94. The number of carboxylic acids is 1. The van der Waals surface area contributed by atoms with E-state index in [-0.39, 0.29) is 12.1 Å². The molecular formula is C15H16N2O2. The van der Waals surface area contributed by atoms with Crippen LogP contribution < -0.4 is 11.5 Å². The number of rotatable bonds is 4. The second kappa shape index (κ2) is 5.65. The van der Waals surface area contributed by atoms with Gasteiger partial charge in [0.2, 0.25) is 0 Å². The maximum Gasteiger partial charge on any atom is 0.335 e. The Morgan fingerprint density at radius 2 is 1.58 bits per heavy atom. The highest BCUT2D eigenvalue weighted by atomic mass is 16.4. The lowest BCUT2D eigenvalue weighted by Crippen LogP contribution is -2.05. The molecule has 0 bridgehead atoms. The molecule has 0 amide bonds. The van der Waals surface area contributed by atoms with Gasteiger partial charge in [0.15, 0.2) is 0 Å². The van der Waals surface area contributed by atoms with Crippen LogP contribution in [0.25, 0.3) is 11.1 Å². The van der Waals surface area contributed by atoms with Crippen molar-refractivity contribution < 1.29 is 9.90 Å². The van der Waals surface area contributed by atoms with Crippen molar-refractivity contribution >= 4 is 5.97 Å². The van der Waals surface area contributed by atoms with E-state index in [1.54, 1.807) is 18.2 Å². The van der Waals surface area contributed by atoms with Gasteiger partial charge in [-0.05, 0) is 34.4 Å². The van der Waals surface area contributed by atoms with Gasteiger partial charge >= 0.3 is 5.97 Å². The number of nitrogens with two attached hydrogens (primary N) is 2. The molecule has 2 rings (SSSR count). The SMILES string of the molecule is NCc1ccccc1-c1ccc(C(=O)O)cc1CN. The van der Waals surface area contributed by atoms with E-state index < -0.39 is 5.97 Å². The lowest BCUT2D eigenvalue weighted by molar-refractivity contribution is 0.0697. The number of aromatic carboxylic acids is 1. The smallest absolute Gasteiger partial charge is 0.335 e. The van der Waals surface area contributed by atoms with Crippen molar-refractivity contribution in [2.45, 2.75) is 13.1 Å².